The normalized spacial score (nSPS) is 11.5. The fourth-order valence-electron chi connectivity index (χ4n) is 3.76. The molecule has 0 bridgehead atoms. The number of hydrogen-bond donors (Lipinski definition) is 3. The third-order valence-corrected chi connectivity index (χ3v) is 5.72. The van der Waals surface area contributed by atoms with Gasteiger partial charge >= 0.3 is 6.36 Å². The van der Waals surface area contributed by atoms with Crippen molar-refractivity contribution in [1.82, 2.24) is 9.97 Å². The minimum Gasteiger partial charge on any atom is -0.493 e. The molecule has 2 aromatic carbocycles. The fraction of sp³-hybridized carbons (Fsp3) is 0.172. The van der Waals surface area contributed by atoms with Crippen LogP contribution in [0, 0.1) is 11.2 Å². The van der Waals surface area contributed by atoms with E-state index in [-0.39, 0.29) is 23.9 Å². The molecule has 0 radical (unpaired) electrons. The molecular weight excluding hydrogens is 590 g/mol. The Morgan fingerprint density at radius 3 is 2.34 bits per heavy atom. The number of nitrogens with zero attached hydrogens (tertiary/aromatic N) is 2. The number of pyridine rings is 2. The molecule has 0 aliphatic heterocycles. The highest BCUT2D eigenvalue weighted by atomic mass is 19.4. The van der Waals surface area contributed by atoms with Crippen LogP contribution < -0.4 is 29.6 Å². The molecule has 0 saturated carbocycles. The number of aromatic nitrogens is 2. The molecule has 1 amide bonds. The third kappa shape index (κ3) is 7.81. The van der Waals surface area contributed by atoms with Crippen molar-refractivity contribution in [2.45, 2.75) is 13.3 Å². The van der Waals surface area contributed by atoms with Gasteiger partial charge in [0.2, 0.25) is 0 Å². The van der Waals surface area contributed by atoms with Crippen LogP contribution in [0.5, 0.6) is 28.7 Å². The predicted molar refractivity (Wildman–Crippen MR) is 152 cm³/mol. The van der Waals surface area contributed by atoms with Gasteiger partial charge in [-0.25, -0.2) is 9.37 Å². The molecule has 230 valence electrons. The maximum Gasteiger partial charge on any atom is 0.573 e. The minimum absolute atomic E-state index is 0.0522. The average Bonchev–Trinajstić information content (AvgIpc) is 2.99. The van der Waals surface area contributed by atoms with Gasteiger partial charge in [0.05, 0.1) is 38.2 Å². The fourth-order valence-corrected chi connectivity index (χ4v) is 3.76. The molecule has 0 atom stereocenters. The van der Waals surface area contributed by atoms with E-state index in [1.54, 1.807) is 37.4 Å². The molecule has 2 heterocycles. The second-order valence-corrected chi connectivity index (χ2v) is 8.62. The Labute approximate surface area is 247 Å². The van der Waals surface area contributed by atoms with Crippen molar-refractivity contribution in [3.8, 4) is 28.7 Å². The third-order valence-electron chi connectivity index (χ3n) is 5.72. The summed E-state index contributed by atoms with van der Waals surface area (Å²) < 4.78 is 77.0. The van der Waals surface area contributed by atoms with Crippen molar-refractivity contribution in [2.24, 2.45) is 0 Å². The number of carbonyl (C=O) groups excluding carboxylic acids is 1. The van der Waals surface area contributed by atoms with Crippen LogP contribution in [0.1, 0.15) is 6.92 Å². The molecule has 0 spiro atoms. The van der Waals surface area contributed by atoms with Gasteiger partial charge in [0.15, 0.2) is 23.0 Å². The SMILES string of the molecule is CCO/C(=C/Nc1ccc(OC(F)(F)F)cc1F)C(=N)C(=O)Nc1ccc(Oc2ccnc3cc(OC)c(OC)cc23)cn1. The molecule has 4 aromatic rings. The van der Waals surface area contributed by atoms with Gasteiger partial charge < -0.3 is 34.3 Å². The minimum atomic E-state index is -4.98. The highest BCUT2D eigenvalue weighted by Crippen LogP contribution is 2.37. The van der Waals surface area contributed by atoms with Crippen LogP contribution in [-0.4, -0.2) is 48.8 Å². The molecule has 4 rings (SSSR count). The summed E-state index contributed by atoms with van der Waals surface area (Å²) >= 11 is 0. The first kappa shape index (κ1) is 31.3. The summed E-state index contributed by atoms with van der Waals surface area (Å²) in [7, 11) is 3.03. The van der Waals surface area contributed by atoms with Gasteiger partial charge in [0, 0.05) is 29.9 Å². The zero-order valence-corrected chi connectivity index (χ0v) is 23.4. The van der Waals surface area contributed by atoms with Crippen molar-refractivity contribution in [1.29, 1.82) is 5.41 Å². The second kappa shape index (κ2) is 13.6. The second-order valence-electron chi connectivity index (χ2n) is 8.62. The van der Waals surface area contributed by atoms with Gasteiger partial charge in [-0.3, -0.25) is 15.2 Å². The summed E-state index contributed by atoms with van der Waals surface area (Å²) in [6.07, 6.45) is -1.02. The molecule has 44 heavy (non-hydrogen) atoms. The number of rotatable bonds is 12. The van der Waals surface area contributed by atoms with Crippen LogP contribution in [-0.2, 0) is 9.53 Å². The van der Waals surface area contributed by atoms with Gasteiger partial charge in [0.1, 0.15) is 28.9 Å². The van der Waals surface area contributed by atoms with Gasteiger partial charge in [-0.2, -0.15) is 0 Å². The standard InChI is InChI=1S/C29H25F4N5O6/c1-4-42-25(15-36-20-7-5-16(11-19(20)30)44-29(31,32)33)27(34)28(39)38-26-8-6-17(14-37-26)43-22-9-10-35-21-13-24(41-3)23(40-2)12-18(21)22/h5-15,34,36H,4H2,1-3H3,(H,37,38,39)/b25-15+,34-27?. The van der Waals surface area contributed by atoms with E-state index in [9.17, 15) is 22.4 Å². The lowest BCUT2D eigenvalue weighted by molar-refractivity contribution is -0.274. The molecule has 0 unspecified atom stereocenters. The lowest BCUT2D eigenvalue weighted by Crippen LogP contribution is -2.25. The number of amides is 1. The summed E-state index contributed by atoms with van der Waals surface area (Å²) in [6.45, 7) is 1.65. The number of methoxy groups -OCH3 is 2. The molecular formula is C29H25F4N5O6. The number of alkyl halides is 3. The molecule has 3 N–H and O–H groups in total. The molecule has 0 aliphatic rings. The van der Waals surface area contributed by atoms with E-state index in [0.29, 0.717) is 40.0 Å². The Morgan fingerprint density at radius 2 is 1.70 bits per heavy atom. The van der Waals surface area contributed by atoms with E-state index in [1.165, 1.54) is 26.5 Å². The summed E-state index contributed by atoms with van der Waals surface area (Å²) in [5.74, 6) is -1.09. The summed E-state index contributed by atoms with van der Waals surface area (Å²) in [5.41, 5.74) is -0.272. The molecule has 11 nitrogen and oxygen atoms in total. The maximum absolute atomic E-state index is 14.3. The van der Waals surface area contributed by atoms with E-state index in [2.05, 4.69) is 25.3 Å². The summed E-state index contributed by atoms with van der Waals surface area (Å²) in [5, 5.41) is 13.8. The van der Waals surface area contributed by atoms with Crippen molar-refractivity contribution in [3.05, 3.63) is 78.7 Å². The molecule has 2 aromatic heterocycles. The number of anilines is 2. The zero-order chi connectivity index (χ0) is 31.9. The Kier molecular flexibility index (Phi) is 9.67. The first-order valence-electron chi connectivity index (χ1n) is 12.7. The molecule has 0 fully saturated rings. The zero-order valence-electron chi connectivity index (χ0n) is 23.4. The highest BCUT2D eigenvalue weighted by molar-refractivity contribution is 6.47. The number of ether oxygens (including phenoxy) is 5. The smallest absolute Gasteiger partial charge is 0.493 e. The van der Waals surface area contributed by atoms with Crippen LogP contribution in [0.4, 0.5) is 29.1 Å². The molecule has 0 saturated heterocycles. The summed E-state index contributed by atoms with van der Waals surface area (Å²) in [6, 6.07) is 10.5. The van der Waals surface area contributed by atoms with Crippen LogP contribution in [0.25, 0.3) is 10.9 Å². The van der Waals surface area contributed by atoms with E-state index in [0.717, 1.165) is 18.3 Å². The van der Waals surface area contributed by atoms with Crippen molar-refractivity contribution in [2.75, 3.05) is 31.5 Å². The van der Waals surface area contributed by atoms with Crippen molar-refractivity contribution in [3.63, 3.8) is 0 Å². The van der Waals surface area contributed by atoms with Crippen molar-refractivity contribution >= 4 is 34.0 Å². The van der Waals surface area contributed by atoms with Gasteiger partial charge in [0.25, 0.3) is 5.91 Å². The largest absolute Gasteiger partial charge is 0.573 e. The average molecular weight is 616 g/mol. The quantitative estimate of drug-likeness (QED) is 0.0936. The Bertz CT molecular complexity index is 1700. The topological polar surface area (TPSA) is 137 Å². The molecule has 0 aliphatic carbocycles. The molecule has 15 heteroatoms. The maximum atomic E-state index is 14.3. The van der Waals surface area contributed by atoms with Crippen LogP contribution in [0.2, 0.25) is 0 Å². The predicted octanol–water partition coefficient (Wildman–Crippen LogP) is 6.43. The Morgan fingerprint density at radius 1 is 0.977 bits per heavy atom. The van der Waals surface area contributed by atoms with Gasteiger partial charge in [-0.15, -0.1) is 13.2 Å². The number of halogens is 4. The number of fused-ring (bicyclic) bond motifs is 1. The first-order chi connectivity index (χ1) is 21.0. The lowest BCUT2D eigenvalue weighted by atomic mass is 10.2. The van der Waals surface area contributed by atoms with Crippen LogP contribution in [0.3, 0.4) is 0 Å². The highest BCUT2D eigenvalue weighted by Gasteiger charge is 2.31. The van der Waals surface area contributed by atoms with Gasteiger partial charge in [-0.05, 0) is 43.3 Å². The Hall–Kier alpha value is -5.60. The number of hydrogen-bond acceptors (Lipinski definition) is 10. The van der Waals surface area contributed by atoms with Crippen LogP contribution in [0.15, 0.2) is 72.9 Å². The summed E-state index contributed by atoms with van der Waals surface area (Å²) in [4.78, 5) is 21.2. The lowest BCUT2D eigenvalue weighted by Gasteiger charge is -2.13. The van der Waals surface area contributed by atoms with E-state index < -0.39 is 29.5 Å². The number of benzene rings is 2. The first-order valence-corrected chi connectivity index (χ1v) is 12.7. The number of carbonyl (C=O) groups is 1. The Balaban J connectivity index is 1.43. The number of nitrogens with one attached hydrogen (secondary N) is 3. The van der Waals surface area contributed by atoms with E-state index in [1.807, 2.05) is 0 Å². The van der Waals surface area contributed by atoms with Crippen LogP contribution >= 0.6 is 0 Å². The van der Waals surface area contributed by atoms with E-state index >= 15 is 0 Å². The van der Waals surface area contributed by atoms with Crippen molar-refractivity contribution < 1.29 is 46.0 Å². The monoisotopic (exact) mass is 615 g/mol. The van der Waals surface area contributed by atoms with E-state index in [4.69, 9.17) is 24.4 Å². The van der Waals surface area contributed by atoms with Gasteiger partial charge in [-0.1, -0.05) is 0 Å².